The lowest BCUT2D eigenvalue weighted by atomic mass is 9.79. The van der Waals surface area contributed by atoms with Crippen molar-refractivity contribution in [2.45, 2.75) is 24.1 Å². The highest BCUT2D eigenvalue weighted by molar-refractivity contribution is 9.09. The third-order valence-electron chi connectivity index (χ3n) is 3.11. The monoisotopic (exact) mass is 362 g/mol. The molecule has 0 nitrogen and oxygen atoms in total. The molecule has 0 spiro atoms. The maximum Gasteiger partial charge on any atom is 0.0987 e. The van der Waals surface area contributed by atoms with Crippen LogP contribution < -0.4 is 0 Å². The molecule has 0 N–H and O–H groups in total. The van der Waals surface area contributed by atoms with Gasteiger partial charge in [0.05, 0.1) is 13.5 Å². The van der Waals surface area contributed by atoms with Crippen LogP contribution >= 0.6 is 50.5 Å². The van der Waals surface area contributed by atoms with Gasteiger partial charge in [0.2, 0.25) is 0 Å². The molecule has 0 aliphatic rings. The molecule has 0 bridgehead atoms. The first-order valence-electron chi connectivity index (χ1n) is 5.57. The highest BCUT2D eigenvalue weighted by Gasteiger charge is 2.32. The number of halogens is 3. The van der Waals surface area contributed by atoms with E-state index in [2.05, 4.69) is 54.0 Å². The van der Waals surface area contributed by atoms with Crippen LogP contribution in [0.25, 0.3) is 0 Å². The normalized spacial score (nSPS) is 13.6. The van der Waals surface area contributed by atoms with Crippen molar-refractivity contribution in [1.29, 1.82) is 0 Å². The van der Waals surface area contributed by atoms with Crippen LogP contribution in [0, 0.1) is 0 Å². The van der Waals surface area contributed by atoms with E-state index < -0.39 is 0 Å². The van der Waals surface area contributed by atoms with E-state index in [0.717, 1.165) is 14.2 Å². The maximum atomic E-state index is 6.24. The van der Waals surface area contributed by atoms with Gasteiger partial charge in [0.15, 0.2) is 0 Å². The first-order chi connectivity index (χ1) is 8.43. The second-order valence-electron chi connectivity index (χ2n) is 4.73. The highest BCUT2D eigenvalue weighted by Crippen LogP contribution is 2.48. The molecule has 18 heavy (non-hydrogen) atoms. The lowest BCUT2D eigenvalue weighted by Gasteiger charge is -2.31. The molecular weight excluding hydrogens is 351 g/mol. The van der Waals surface area contributed by atoms with E-state index in [1.54, 1.807) is 0 Å². The summed E-state index contributed by atoms with van der Waals surface area (Å²) in [6.45, 7) is 4.40. The highest BCUT2D eigenvalue weighted by atomic mass is 79.9. The Kier molecular flexibility index (Phi) is 4.43. The molecule has 2 rings (SSSR count). The molecular formula is C14H13BrCl2S. The minimum absolute atomic E-state index is 0.0602. The van der Waals surface area contributed by atoms with Gasteiger partial charge in [-0.25, -0.2) is 0 Å². The predicted octanol–water partition coefficient (Wildman–Crippen LogP) is 6.47. The molecule has 1 aromatic carbocycles. The molecule has 1 unspecified atom stereocenters. The van der Waals surface area contributed by atoms with E-state index in [0.29, 0.717) is 0 Å². The van der Waals surface area contributed by atoms with Gasteiger partial charge in [-0.2, -0.15) is 0 Å². The number of hydrogen-bond donors (Lipinski definition) is 0. The van der Waals surface area contributed by atoms with Crippen LogP contribution in [0.3, 0.4) is 0 Å². The molecule has 0 aliphatic carbocycles. The fourth-order valence-electron chi connectivity index (χ4n) is 1.93. The van der Waals surface area contributed by atoms with Gasteiger partial charge in [0.25, 0.3) is 0 Å². The van der Waals surface area contributed by atoms with Gasteiger partial charge >= 0.3 is 0 Å². The first-order valence-corrected chi connectivity index (χ1v) is 8.06. The molecule has 4 heteroatoms. The van der Waals surface area contributed by atoms with Crippen LogP contribution in [-0.2, 0) is 5.41 Å². The van der Waals surface area contributed by atoms with E-state index >= 15 is 0 Å². The molecule has 1 atom stereocenters. The third kappa shape index (κ3) is 2.77. The number of rotatable bonds is 3. The molecule has 0 saturated heterocycles. The summed E-state index contributed by atoms with van der Waals surface area (Å²) in [6, 6.07) is 12.3. The van der Waals surface area contributed by atoms with Gasteiger partial charge in [0, 0.05) is 5.41 Å². The van der Waals surface area contributed by atoms with Crippen molar-refractivity contribution in [2.24, 2.45) is 0 Å². The van der Waals surface area contributed by atoms with E-state index in [1.807, 2.05) is 12.1 Å². The van der Waals surface area contributed by atoms with E-state index in [-0.39, 0.29) is 10.2 Å². The van der Waals surface area contributed by atoms with Gasteiger partial charge < -0.3 is 0 Å². The summed E-state index contributed by atoms with van der Waals surface area (Å²) >= 11 is 17.4. The topological polar surface area (TPSA) is 0 Å². The smallest absolute Gasteiger partial charge is 0.0987 e. The average molecular weight is 364 g/mol. The molecule has 0 saturated carbocycles. The van der Waals surface area contributed by atoms with Crippen LogP contribution in [0.2, 0.25) is 8.67 Å². The number of alkyl halides is 1. The summed E-state index contributed by atoms with van der Waals surface area (Å²) in [6.07, 6.45) is 0. The zero-order valence-electron chi connectivity index (χ0n) is 10.1. The van der Waals surface area contributed by atoms with Gasteiger partial charge in [-0.15, -0.1) is 11.3 Å². The molecule has 1 aromatic heterocycles. The molecule has 0 aliphatic heterocycles. The molecule has 0 fully saturated rings. The molecule has 1 heterocycles. The van der Waals surface area contributed by atoms with E-state index in [1.165, 1.54) is 16.9 Å². The Hall–Kier alpha value is -0.0200. The zero-order chi connectivity index (χ0) is 13.3. The van der Waals surface area contributed by atoms with Crippen molar-refractivity contribution < 1.29 is 0 Å². The number of benzene rings is 1. The van der Waals surface area contributed by atoms with Gasteiger partial charge in [-0.05, 0) is 17.2 Å². The van der Waals surface area contributed by atoms with Gasteiger partial charge in [0.1, 0.15) is 0 Å². The maximum absolute atomic E-state index is 6.24. The Labute approximate surface area is 130 Å². The van der Waals surface area contributed by atoms with Gasteiger partial charge in [-0.3, -0.25) is 0 Å². The molecule has 2 aromatic rings. The lowest BCUT2D eigenvalue weighted by Crippen LogP contribution is -2.22. The number of hydrogen-bond acceptors (Lipinski definition) is 1. The average Bonchev–Trinajstić information content (AvgIpc) is 2.68. The Morgan fingerprint density at radius 2 is 1.78 bits per heavy atom. The van der Waals surface area contributed by atoms with Crippen LogP contribution in [0.15, 0.2) is 36.4 Å². The van der Waals surface area contributed by atoms with Crippen molar-refractivity contribution in [1.82, 2.24) is 0 Å². The van der Waals surface area contributed by atoms with Crippen LogP contribution in [0.5, 0.6) is 0 Å². The molecule has 0 amide bonds. The summed E-state index contributed by atoms with van der Waals surface area (Å²) in [5.74, 6) is 0. The third-order valence-corrected chi connectivity index (χ3v) is 6.26. The van der Waals surface area contributed by atoms with Crippen molar-refractivity contribution in [2.75, 3.05) is 0 Å². The second-order valence-corrected chi connectivity index (χ2v) is 7.93. The SMILES string of the molecule is CC(C)(c1ccccc1)C(Br)c1cc(Cl)sc1Cl. The van der Waals surface area contributed by atoms with E-state index in [9.17, 15) is 0 Å². The second kappa shape index (κ2) is 5.54. The minimum Gasteiger partial charge on any atom is -0.111 e. The predicted molar refractivity (Wildman–Crippen MR) is 85.5 cm³/mol. The summed E-state index contributed by atoms with van der Waals surface area (Å²) < 4.78 is 1.48. The number of thiophene rings is 1. The Bertz CT molecular complexity index is 534. The summed E-state index contributed by atoms with van der Waals surface area (Å²) in [5.41, 5.74) is 2.26. The Morgan fingerprint density at radius 1 is 1.17 bits per heavy atom. The largest absolute Gasteiger partial charge is 0.111 e. The van der Waals surface area contributed by atoms with Crippen LogP contribution in [0.4, 0.5) is 0 Å². The van der Waals surface area contributed by atoms with Crippen molar-refractivity contribution >= 4 is 50.5 Å². The van der Waals surface area contributed by atoms with Gasteiger partial charge in [-0.1, -0.05) is 83.3 Å². The molecule has 0 radical (unpaired) electrons. The minimum atomic E-state index is -0.0602. The Balaban J connectivity index is 2.39. The van der Waals surface area contributed by atoms with Crippen LogP contribution in [0.1, 0.15) is 29.8 Å². The van der Waals surface area contributed by atoms with Crippen molar-refractivity contribution in [3.05, 3.63) is 56.2 Å². The fourth-order valence-corrected chi connectivity index (χ4v) is 4.37. The van der Waals surface area contributed by atoms with Crippen molar-refractivity contribution in [3.8, 4) is 0 Å². The first kappa shape index (κ1) is 14.4. The summed E-state index contributed by atoms with van der Waals surface area (Å²) in [4.78, 5) is 0.128. The zero-order valence-corrected chi connectivity index (χ0v) is 14.0. The quantitative estimate of drug-likeness (QED) is 0.548. The van der Waals surface area contributed by atoms with Crippen molar-refractivity contribution in [3.63, 3.8) is 0 Å². The van der Waals surface area contributed by atoms with E-state index in [4.69, 9.17) is 23.2 Å². The standard InChI is InChI=1S/C14H13BrCl2S/c1-14(2,9-6-4-3-5-7-9)12(15)10-8-11(16)18-13(10)17/h3-8,12H,1-2H3. The summed E-state index contributed by atoms with van der Waals surface area (Å²) in [7, 11) is 0. The van der Waals surface area contributed by atoms with Crippen LogP contribution in [-0.4, -0.2) is 0 Å². The summed E-state index contributed by atoms with van der Waals surface area (Å²) in [5, 5.41) is 0. The lowest BCUT2D eigenvalue weighted by molar-refractivity contribution is 0.518. The fraction of sp³-hybridized carbons (Fsp3) is 0.286. The molecule has 96 valence electrons. The Morgan fingerprint density at radius 3 is 2.28 bits per heavy atom.